The number of carbonyl (C=O) groups excluding carboxylic acids is 3. The lowest BCUT2D eigenvalue weighted by Crippen LogP contribution is -2.41. The smallest absolute Gasteiger partial charge is 0.308 e. The van der Waals surface area contributed by atoms with Crippen molar-refractivity contribution in [2.45, 2.75) is 26.2 Å². The molecule has 1 saturated heterocycles. The number of hydrogen-bond acceptors (Lipinski definition) is 4. The van der Waals surface area contributed by atoms with Gasteiger partial charge < -0.3 is 10.6 Å². The number of nitrogens with one attached hydrogen (secondary N) is 2. The zero-order valence-electron chi connectivity index (χ0n) is 17.8. The molecule has 4 rings (SSSR count). The molecule has 0 aliphatic carbocycles. The Hall–Kier alpha value is -2.84. The summed E-state index contributed by atoms with van der Waals surface area (Å²) in [4.78, 5) is 39.9. The van der Waals surface area contributed by atoms with Gasteiger partial charge in [0.25, 0.3) is 0 Å². The van der Waals surface area contributed by atoms with Crippen molar-refractivity contribution in [1.82, 2.24) is 0 Å². The number of fused-ring (bicyclic) bond motifs is 1. The summed E-state index contributed by atoms with van der Waals surface area (Å²) in [6, 6.07) is 15.2. The maximum absolute atomic E-state index is 12.8. The Morgan fingerprint density at radius 1 is 1.03 bits per heavy atom. The molecule has 0 radical (unpaired) electrons. The molecule has 0 unspecified atom stereocenters. The van der Waals surface area contributed by atoms with Crippen LogP contribution in [0.3, 0.4) is 0 Å². The standard InChI is InChI=1S/C23H27N3O3S2/c1-23(2,3)18-13-17(20(31-18)26-10-11-30-21(28)19(26)27)25-22(29)24-16-9-8-14-6-4-5-7-15(14)12-16/h4-9,12-13H,10-11H2,1-3H3,30H4,(H2,24,25,29). The molecule has 1 aromatic heterocycles. The molecule has 1 aliphatic heterocycles. The molecule has 0 atom stereocenters. The van der Waals surface area contributed by atoms with Crippen LogP contribution in [-0.4, -0.2) is 29.4 Å². The van der Waals surface area contributed by atoms with Gasteiger partial charge in [-0.2, -0.15) is 0 Å². The summed E-state index contributed by atoms with van der Waals surface area (Å²) < 4.78 is 0. The van der Waals surface area contributed by atoms with Crippen molar-refractivity contribution < 1.29 is 14.4 Å². The van der Waals surface area contributed by atoms with E-state index < -0.39 is 17.7 Å². The zero-order valence-corrected chi connectivity index (χ0v) is 20.1. The van der Waals surface area contributed by atoms with E-state index in [1.54, 1.807) is 0 Å². The lowest BCUT2D eigenvalue weighted by Gasteiger charge is -2.27. The molecule has 8 heteroatoms. The van der Waals surface area contributed by atoms with Crippen molar-refractivity contribution in [3.63, 3.8) is 0 Å². The van der Waals surface area contributed by atoms with Crippen LogP contribution in [0.25, 0.3) is 10.8 Å². The Morgan fingerprint density at radius 2 is 1.77 bits per heavy atom. The molecule has 2 aromatic carbocycles. The van der Waals surface area contributed by atoms with Crippen molar-refractivity contribution in [1.29, 1.82) is 0 Å². The molecule has 3 amide bonds. The van der Waals surface area contributed by atoms with Gasteiger partial charge in [-0.3, -0.25) is 14.5 Å². The van der Waals surface area contributed by atoms with Crippen LogP contribution < -0.4 is 15.5 Å². The first-order valence-corrected chi connectivity index (χ1v) is 12.8. The molecule has 1 fully saturated rings. The van der Waals surface area contributed by atoms with Crippen molar-refractivity contribution in [2.24, 2.45) is 0 Å². The van der Waals surface area contributed by atoms with E-state index in [1.165, 1.54) is 16.2 Å². The van der Waals surface area contributed by atoms with Crippen LogP contribution in [0, 0.1) is 0 Å². The lowest BCUT2D eigenvalue weighted by molar-refractivity contribution is -0.131. The van der Waals surface area contributed by atoms with Crippen molar-refractivity contribution in [3.8, 4) is 0 Å². The highest BCUT2D eigenvalue weighted by molar-refractivity contribution is 8.15. The molecule has 0 bridgehead atoms. The third kappa shape index (κ3) is 4.60. The number of nitrogens with zero attached hydrogens (tertiary/aromatic N) is 1. The molecular formula is C23H27N3O3S2. The van der Waals surface area contributed by atoms with Crippen LogP contribution in [0.4, 0.5) is 21.2 Å². The first-order chi connectivity index (χ1) is 14.7. The van der Waals surface area contributed by atoms with Gasteiger partial charge in [-0.05, 0) is 40.1 Å². The van der Waals surface area contributed by atoms with E-state index in [0.29, 0.717) is 22.9 Å². The minimum atomic E-state index is -0.988. The SMILES string of the molecule is CC(C)(C)c1cc(NC(=O)Nc2ccc3ccccc3c2)c(N2CC[SH4]C(=O)C2=O)s1. The number of amides is 3. The maximum Gasteiger partial charge on any atom is 0.323 e. The predicted octanol–water partition coefficient (Wildman–Crippen LogP) is 4.38. The first kappa shape index (κ1) is 21.4. The summed E-state index contributed by atoms with van der Waals surface area (Å²) in [6.07, 6.45) is 0. The number of anilines is 3. The number of hydrogen-bond donors (Lipinski definition) is 2. The largest absolute Gasteiger partial charge is 0.323 e. The highest BCUT2D eigenvalue weighted by Gasteiger charge is 2.31. The zero-order chi connectivity index (χ0) is 22.2. The third-order valence-electron chi connectivity index (χ3n) is 5.22. The monoisotopic (exact) mass is 457 g/mol. The fourth-order valence-corrected chi connectivity index (χ4v) is 5.94. The second kappa shape index (κ2) is 8.36. The molecular weight excluding hydrogens is 430 g/mol. The van der Waals surface area contributed by atoms with Crippen LogP contribution in [0.1, 0.15) is 25.6 Å². The van der Waals surface area contributed by atoms with Crippen molar-refractivity contribution >= 4 is 67.3 Å². The normalized spacial score (nSPS) is 15.0. The average molecular weight is 458 g/mol. The topological polar surface area (TPSA) is 78.5 Å². The number of carbonyl (C=O) groups is 3. The summed E-state index contributed by atoms with van der Waals surface area (Å²) in [5.74, 6) is 0.314. The fourth-order valence-electron chi connectivity index (χ4n) is 3.54. The first-order valence-electron chi connectivity index (χ1n) is 10.3. The van der Waals surface area contributed by atoms with Crippen LogP contribution >= 0.6 is 23.1 Å². The third-order valence-corrected chi connectivity index (χ3v) is 8.23. The minimum Gasteiger partial charge on any atom is -0.308 e. The van der Waals surface area contributed by atoms with E-state index in [0.717, 1.165) is 21.4 Å². The summed E-state index contributed by atoms with van der Waals surface area (Å²) >= 11 is 0.467. The van der Waals surface area contributed by atoms with Crippen molar-refractivity contribution in [3.05, 3.63) is 53.4 Å². The molecule has 31 heavy (non-hydrogen) atoms. The Morgan fingerprint density at radius 3 is 2.52 bits per heavy atom. The number of benzene rings is 2. The van der Waals surface area contributed by atoms with E-state index in [-0.39, 0.29) is 16.6 Å². The van der Waals surface area contributed by atoms with Gasteiger partial charge in [0.2, 0.25) is 5.12 Å². The van der Waals surface area contributed by atoms with Gasteiger partial charge in [0.15, 0.2) is 0 Å². The highest BCUT2D eigenvalue weighted by Crippen LogP contribution is 2.42. The van der Waals surface area contributed by atoms with Crippen molar-refractivity contribution in [2.75, 3.05) is 27.8 Å². The average Bonchev–Trinajstić information content (AvgIpc) is 3.14. The Labute approximate surface area is 189 Å². The molecule has 2 heterocycles. The Bertz CT molecular complexity index is 1180. The highest BCUT2D eigenvalue weighted by atomic mass is 32.2. The number of rotatable bonds is 3. The quantitative estimate of drug-likeness (QED) is 0.573. The fraction of sp³-hybridized carbons (Fsp3) is 0.261. The van der Waals surface area contributed by atoms with Crippen LogP contribution in [0.2, 0.25) is 0 Å². The summed E-state index contributed by atoms with van der Waals surface area (Å²) in [5.41, 5.74) is 1.09. The maximum atomic E-state index is 12.8. The van der Waals surface area contributed by atoms with E-state index >= 15 is 0 Å². The molecule has 3 aromatic rings. The van der Waals surface area contributed by atoms with Gasteiger partial charge in [0.05, 0.1) is 5.69 Å². The van der Waals surface area contributed by atoms with E-state index in [9.17, 15) is 14.4 Å². The summed E-state index contributed by atoms with van der Waals surface area (Å²) in [6.45, 7) is 6.77. The van der Waals surface area contributed by atoms with E-state index in [1.807, 2.05) is 48.5 Å². The van der Waals surface area contributed by atoms with Crippen LogP contribution in [-0.2, 0) is 15.0 Å². The van der Waals surface area contributed by atoms with Gasteiger partial charge in [-0.15, -0.1) is 11.3 Å². The second-order valence-corrected chi connectivity index (χ2v) is 11.6. The molecule has 1 aliphatic rings. The predicted molar refractivity (Wildman–Crippen MR) is 135 cm³/mol. The van der Waals surface area contributed by atoms with Gasteiger partial charge in [0, 0.05) is 17.1 Å². The van der Waals surface area contributed by atoms with Gasteiger partial charge in [-0.1, -0.05) is 51.1 Å². The molecule has 6 nitrogen and oxygen atoms in total. The molecule has 0 saturated carbocycles. The second-order valence-electron chi connectivity index (χ2n) is 8.70. The van der Waals surface area contributed by atoms with Crippen LogP contribution in [0.15, 0.2) is 48.5 Å². The van der Waals surface area contributed by atoms with Gasteiger partial charge in [0.1, 0.15) is 5.00 Å². The minimum absolute atomic E-state index is 0.147. The Balaban J connectivity index is 1.60. The Kier molecular flexibility index (Phi) is 5.77. The van der Waals surface area contributed by atoms with Gasteiger partial charge >= 0.3 is 11.9 Å². The molecule has 0 spiro atoms. The molecule has 164 valence electrons. The molecule has 2 N–H and O–H groups in total. The summed E-state index contributed by atoms with van der Waals surface area (Å²) in [7, 11) is 0. The van der Waals surface area contributed by atoms with Gasteiger partial charge in [-0.25, -0.2) is 16.6 Å². The summed E-state index contributed by atoms with van der Waals surface area (Å²) in [5, 5.41) is 8.29. The van der Waals surface area contributed by atoms with Crippen LogP contribution in [0.5, 0.6) is 0 Å². The number of urea groups is 1. The lowest BCUT2D eigenvalue weighted by atomic mass is 9.95. The van der Waals surface area contributed by atoms with E-state index in [4.69, 9.17) is 0 Å². The van der Waals surface area contributed by atoms with E-state index in [2.05, 4.69) is 31.4 Å². The number of thiophene rings is 1.